The van der Waals surface area contributed by atoms with Gasteiger partial charge < -0.3 is 14.8 Å². The maximum Gasteiger partial charge on any atom is 0.225 e. The van der Waals surface area contributed by atoms with Gasteiger partial charge in [-0.3, -0.25) is 4.79 Å². The van der Waals surface area contributed by atoms with Gasteiger partial charge in [-0.25, -0.2) is 8.42 Å². The molecule has 1 aliphatic rings. The summed E-state index contributed by atoms with van der Waals surface area (Å²) in [6, 6.07) is 13.8. The fourth-order valence-corrected chi connectivity index (χ4v) is 6.50. The Labute approximate surface area is 179 Å². The van der Waals surface area contributed by atoms with E-state index in [4.69, 9.17) is 9.47 Å². The van der Waals surface area contributed by atoms with Gasteiger partial charge in [0.25, 0.3) is 0 Å². The molecule has 4 rings (SSSR count). The Morgan fingerprint density at radius 2 is 1.90 bits per heavy atom. The highest BCUT2D eigenvalue weighted by atomic mass is 32.2. The van der Waals surface area contributed by atoms with Crippen molar-refractivity contribution >= 4 is 32.8 Å². The van der Waals surface area contributed by atoms with Crippen LogP contribution in [0.3, 0.4) is 0 Å². The van der Waals surface area contributed by atoms with Crippen LogP contribution < -0.4 is 14.8 Å². The number of carbonyl (C=O) groups excluding carboxylic acids is 1. The zero-order chi connectivity index (χ0) is 21.3. The zero-order valence-corrected chi connectivity index (χ0v) is 18.2. The molecule has 0 radical (unpaired) electrons. The molecule has 1 amide bonds. The molecular formula is C22H21NO5S2. The maximum atomic E-state index is 13.2. The quantitative estimate of drug-likeness (QED) is 0.608. The number of nitrogens with one attached hydrogen (secondary N) is 1. The van der Waals surface area contributed by atoms with Crippen molar-refractivity contribution in [2.75, 3.05) is 19.0 Å². The molecule has 156 valence electrons. The molecule has 30 heavy (non-hydrogen) atoms. The van der Waals surface area contributed by atoms with Crippen LogP contribution in [0.4, 0.5) is 5.69 Å². The van der Waals surface area contributed by atoms with Crippen molar-refractivity contribution < 1.29 is 22.7 Å². The number of amides is 1. The van der Waals surface area contributed by atoms with E-state index < -0.39 is 9.84 Å². The Morgan fingerprint density at radius 1 is 1.13 bits per heavy atom. The van der Waals surface area contributed by atoms with Crippen LogP contribution in [0.5, 0.6) is 11.5 Å². The van der Waals surface area contributed by atoms with E-state index in [0.717, 1.165) is 10.4 Å². The van der Waals surface area contributed by atoms with Gasteiger partial charge in [0.1, 0.15) is 4.90 Å². The van der Waals surface area contributed by atoms with E-state index in [-0.39, 0.29) is 28.0 Å². The number of thiophene rings is 1. The molecule has 2 heterocycles. The van der Waals surface area contributed by atoms with Crippen LogP contribution in [0, 0.1) is 0 Å². The van der Waals surface area contributed by atoms with Crippen molar-refractivity contribution in [1.82, 2.24) is 0 Å². The van der Waals surface area contributed by atoms with Crippen LogP contribution in [0.1, 0.15) is 29.7 Å². The van der Waals surface area contributed by atoms with Crippen LogP contribution in [0.15, 0.2) is 63.7 Å². The third-order valence-electron chi connectivity index (χ3n) is 4.99. The van der Waals surface area contributed by atoms with Crippen LogP contribution in [-0.4, -0.2) is 28.0 Å². The molecule has 2 aromatic carbocycles. The first kappa shape index (κ1) is 20.4. The number of benzene rings is 2. The van der Waals surface area contributed by atoms with E-state index in [0.29, 0.717) is 23.8 Å². The summed E-state index contributed by atoms with van der Waals surface area (Å²) < 4.78 is 37.3. The van der Waals surface area contributed by atoms with Gasteiger partial charge in [0.15, 0.2) is 11.5 Å². The molecule has 0 saturated carbocycles. The average Bonchev–Trinajstić information content (AvgIpc) is 3.19. The van der Waals surface area contributed by atoms with Crippen LogP contribution >= 0.6 is 11.3 Å². The summed E-state index contributed by atoms with van der Waals surface area (Å²) in [6.07, 6.45) is 0.232. The summed E-state index contributed by atoms with van der Waals surface area (Å²) in [4.78, 5) is 13.6. The third-order valence-corrected chi connectivity index (χ3v) is 8.03. The summed E-state index contributed by atoms with van der Waals surface area (Å²) in [6.45, 7) is 2.41. The van der Waals surface area contributed by atoms with Crippen molar-refractivity contribution in [2.24, 2.45) is 0 Å². The number of hydrogen-bond acceptors (Lipinski definition) is 6. The lowest BCUT2D eigenvalue weighted by atomic mass is 9.90. The molecule has 0 fully saturated rings. The lowest BCUT2D eigenvalue weighted by Gasteiger charge is -2.24. The normalized spacial score (nSPS) is 15.9. The van der Waals surface area contributed by atoms with Crippen molar-refractivity contribution in [1.29, 1.82) is 0 Å². The van der Waals surface area contributed by atoms with Crippen LogP contribution in [0.25, 0.3) is 0 Å². The van der Waals surface area contributed by atoms with Gasteiger partial charge in [-0.05, 0) is 36.8 Å². The highest BCUT2D eigenvalue weighted by Gasteiger charge is 2.34. The Balaban J connectivity index is 1.79. The number of carbonyl (C=O) groups is 1. The fraction of sp³-hybridized carbons (Fsp3) is 0.227. The smallest absolute Gasteiger partial charge is 0.225 e. The Morgan fingerprint density at radius 3 is 2.60 bits per heavy atom. The molecule has 1 N–H and O–H groups in total. The highest BCUT2D eigenvalue weighted by molar-refractivity contribution is 7.91. The molecule has 3 aromatic rings. The zero-order valence-electron chi connectivity index (χ0n) is 16.5. The Bertz CT molecular complexity index is 1190. The standard InChI is InChI=1S/C22H21NO5S2/c1-3-28-17-10-9-14(11-18(17)27-2)16-12-20(24)23-21-19(13-29-22(16)21)30(25,26)15-7-5-4-6-8-15/h4-11,13,16H,3,12H2,1-2H3,(H,23,24)/t16-/m0/s1. The van der Waals surface area contributed by atoms with E-state index in [9.17, 15) is 13.2 Å². The fourth-order valence-electron chi connectivity index (χ4n) is 3.57. The Kier molecular flexibility index (Phi) is 5.53. The van der Waals surface area contributed by atoms with Crippen LogP contribution in [-0.2, 0) is 14.6 Å². The van der Waals surface area contributed by atoms with Gasteiger partial charge in [-0.15, -0.1) is 11.3 Å². The first-order valence-electron chi connectivity index (χ1n) is 9.47. The maximum absolute atomic E-state index is 13.2. The lowest BCUT2D eigenvalue weighted by molar-refractivity contribution is -0.116. The van der Waals surface area contributed by atoms with E-state index in [1.807, 2.05) is 25.1 Å². The van der Waals surface area contributed by atoms with Gasteiger partial charge in [0.2, 0.25) is 15.7 Å². The molecule has 0 unspecified atom stereocenters. The van der Waals surface area contributed by atoms with E-state index in [1.165, 1.54) is 11.3 Å². The van der Waals surface area contributed by atoms with Gasteiger partial charge in [-0.1, -0.05) is 24.3 Å². The van der Waals surface area contributed by atoms with Crippen LogP contribution in [0.2, 0.25) is 0 Å². The summed E-state index contributed by atoms with van der Waals surface area (Å²) >= 11 is 1.34. The molecule has 1 aliphatic heterocycles. The van der Waals surface area contributed by atoms with Gasteiger partial charge in [0, 0.05) is 22.6 Å². The second-order valence-electron chi connectivity index (χ2n) is 6.80. The van der Waals surface area contributed by atoms with Gasteiger partial charge in [-0.2, -0.15) is 0 Å². The second kappa shape index (κ2) is 8.12. The number of sulfone groups is 1. The largest absolute Gasteiger partial charge is 0.493 e. The second-order valence-corrected chi connectivity index (χ2v) is 9.63. The van der Waals surface area contributed by atoms with Crippen molar-refractivity contribution in [3.05, 3.63) is 64.4 Å². The monoisotopic (exact) mass is 443 g/mol. The molecule has 0 bridgehead atoms. The molecule has 1 aromatic heterocycles. The van der Waals surface area contributed by atoms with Crippen molar-refractivity contribution in [3.8, 4) is 11.5 Å². The predicted molar refractivity (Wildman–Crippen MR) is 115 cm³/mol. The van der Waals surface area contributed by atoms with Gasteiger partial charge in [0.05, 0.1) is 24.3 Å². The Hall–Kier alpha value is -2.84. The lowest BCUT2D eigenvalue weighted by Crippen LogP contribution is -2.23. The van der Waals surface area contributed by atoms with Gasteiger partial charge >= 0.3 is 0 Å². The molecule has 6 nitrogen and oxygen atoms in total. The van der Waals surface area contributed by atoms with Crippen molar-refractivity contribution in [3.63, 3.8) is 0 Å². The third kappa shape index (κ3) is 3.57. The molecule has 0 saturated heterocycles. The summed E-state index contributed by atoms with van der Waals surface area (Å²) in [5, 5.41) is 4.39. The molecule has 0 aliphatic carbocycles. The number of ether oxygens (including phenoxy) is 2. The number of anilines is 1. The minimum absolute atomic E-state index is 0.129. The first-order valence-corrected chi connectivity index (χ1v) is 11.8. The highest BCUT2D eigenvalue weighted by Crippen LogP contribution is 2.46. The van der Waals surface area contributed by atoms with E-state index >= 15 is 0 Å². The molecule has 0 spiro atoms. The first-order chi connectivity index (χ1) is 14.5. The minimum Gasteiger partial charge on any atom is -0.493 e. The predicted octanol–water partition coefficient (Wildman–Crippen LogP) is 4.46. The van der Waals surface area contributed by atoms with E-state index in [1.54, 1.807) is 42.8 Å². The summed E-state index contributed by atoms with van der Waals surface area (Å²) in [5.74, 6) is 0.727. The number of hydrogen-bond donors (Lipinski definition) is 1. The SMILES string of the molecule is CCOc1ccc([C@@H]2CC(=O)Nc3c(S(=O)(=O)c4ccccc4)csc32)cc1OC. The number of methoxy groups -OCH3 is 1. The van der Waals surface area contributed by atoms with E-state index in [2.05, 4.69) is 5.32 Å². The molecule has 1 atom stereocenters. The number of rotatable bonds is 6. The number of fused-ring (bicyclic) bond motifs is 1. The summed E-state index contributed by atoms with van der Waals surface area (Å²) in [7, 11) is -2.18. The molecular weight excluding hydrogens is 422 g/mol. The topological polar surface area (TPSA) is 81.7 Å². The molecule has 8 heteroatoms. The average molecular weight is 444 g/mol. The van der Waals surface area contributed by atoms with Crippen molar-refractivity contribution in [2.45, 2.75) is 29.1 Å². The minimum atomic E-state index is -3.74. The summed E-state index contributed by atoms with van der Waals surface area (Å²) in [5.41, 5.74) is 1.25.